The number of benzene rings is 2. The van der Waals surface area contributed by atoms with E-state index in [0.717, 1.165) is 21.1 Å². The first-order valence-electron chi connectivity index (χ1n) is 15.1. The van der Waals surface area contributed by atoms with E-state index >= 15 is 0 Å². The van der Waals surface area contributed by atoms with Crippen LogP contribution in [0, 0.1) is 11.6 Å². The number of ether oxygens (including phenoxy) is 3. The number of carbonyl (C=O) groups excluding carboxylic acids is 2. The van der Waals surface area contributed by atoms with Crippen LogP contribution in [0.1, 0.15) is 41.9 Å². The summed E-state index contributed by atoms with van der Waals surface area (Å²) >= 11 is 0. The first-order chi connectivity index (χ1) is 22.3. The van der Waals surface area contributed by atoms with E-state index in [4.69, 9.17) is 14.2 Å². The largest absolute Gasteiger partial charge is 0.492 e. The molecule has 1 aromatic heterocycles. The van der Waals surface area contributed by atoms with Gasteiger partial charge in [-0.2, -0.15) is 8.99 Å². The quantitative estimate of drug-likeness (QED) is 0.257. The van der Waals surface area contributed by atoms with Crippen LogP contribution in [-0.2, 0) is 32.5 Å². The molecule has 256 valence electrons. The Bertz CT molecular complexity index is 1680. The molecule has 0 fully saturated rings. The number of likely N-dealkylation sites (N-methyl/N-ethyl adjacent to an activating group) is 1. The number of nitrogens with one attached hydrogen (secondary N) is 2. The second-order valence-electron chi connectivity index (χ2n) is 11.3. The highest BCUT2D eigenvalue weighted by Gasteiger charge is 2.35. The number of aromatic nitrogens is 2. The van der Waals surface area contributed by atoms with Crippen molar-refractivity contribution in [2.24, 2.45) is 0 Å². The van der Waals surface area contributed by atoms with Crippen LogP contribution in [0.5, 0.6) is 5.75 Å². The van der Waals surface area contributed by atoms with Crippen molar-refractivity contribution in [3.63, 3.8) is 0 Å². The van der Waals surface area contributed by atoms with Crippen LogP contribution in [0.15, 0.2) is 41.3 Å². The molecule has 47 heavy (non-hydrogen) atoms. The van der Waals surface area contributed by atoms with E-state index in [9.17, 15) is 26.8 Å². The zero-order valence-electron chi connectivity index (χ0n) is 27.0. The standard InChI is InChI=1S/C31H40F2N6O7S/c1-6-12-46-31(41)39-28-9-10-38(47(42,43)24-15-21(32)14-22(33)16-24)18-26(28)29(36-39)35-30(40)25-8-7-23(45-13-11-37(3)4)17-27(25)34-20(2)19-44-5/h7-8,14-17,20,34H,6,9-13,18-19H2,1-5H3,(H,35,36,40). The topological polar surface area (TPSA) is 144 Å². The fraction of sp³-hybridized carbons (Fsp3) is 0.452. The predicted molar refractivity (Wildman–Crippen MR) is 170 cm³/mol. The van der Waals surface area contributed by atoms with Crippen LogP contribution in [0.2, 0.25) is 0 Å². The van der Waals surface area contributed by atoms with Crippen molar-refractivity contribution < 1.29 is 41.0 Å². The van der Waals surface area contributed by atoms with E-state index < -0.39 is 38.6 Å². The molecule has 1 amide bonds. The first-order valence-corrected chi connectivity index (χ1v) is 16.5. The second kappa shape index (κ2) is 15.6. The van der Waals surface area contributed by atoms with Crippen LogP contribution in [0.25, 0.3) is 0 Å². The van der Waals surface area contributed by atoms with Gasteiger partial charge in [-0.3, -0.25) is 4.79 Å². The van der Waals surface area contributed by atoms with E-state index in [1.54, 1.807) is 25.3 Å². The van der Waals surface area contributed by atoms with Crippen molar-refractivity contribution in [2.45, 2.75) is 44.2 Å². The zero-order valence-corrected chi connectivity index (χ0v) is 27.8. The Balaban J connectivity index is 1.69. The highest BCUT2D eigenvalue weighted by Crippen LogP contribution is 2.32. The fourth-order valence-electron chi connectivity index (χ4n) is 4.94. The van der Waals surface area contributed by atoms with Crippen molar-refractivity contribution in [3.8, 4) is 5.75 Å². The van der Waals surface area contributed by atoms with E-state index in [1.165, 1.54) is 0 Å². The summed E-state index contributed by atoms with van der Waals surface area (Å²) in [4.78, 5) is 28.1. The number of hydrogen-bond donors (Lipinski definition) is 2. The molecular weight excluding hydrogens is 638 g/mol. The molecule has 0 saturated heterocycles. The Morgan fingerprint density at radius 3 is 2.49 bits per heavy atom. The average Bonchev–Trinajstić information content (AvgIpc) is 3.37. The van der Waals surface area contributed by atoms with Gasteiger partial charge < -0.3 is 29.7 Å². The highest BCUT2D eigenvalue weighted by molar-refractivity contribution is 7.89. The van der Waals surface area contributed by atoms with Gasteiger partial charge in [-0.15, -0.1) is 5.10 Å². The maximum atomic E-state index is 13.9. The molecule has 1 unspecified atom stereocenters. The molecule has 0 radical (unpaired) electrons. The van der Waals surface area contributed by atoms with E-state index in [-0.39, 0.29) is 49.1 Å². The molecule has 0 spiro atoms. The third-order valence-corrected chi connectivity index (χ3v) is 9.02. The summed E-state index contributed by atoms with van der Waals surface area (Å²) in [5.74, 6) is -2.21. The average molecular weight is 679 g/mol. The number of nitrogens with zero attached hydrogens (tertiary/aromatic N) is 4. The van der Waals surface area contributed by atoms with Crippen LogP contribution in [-0.4, -0.2) is 99.6 Å². The summed E-state index contributed by atoms with van der Waals surface area (Å²) in [6.07, 6.45) is -0.222. The molecule has 0 bridgehead atoms. The van der Waals surface area contributed by atoms with Gasteiger partial charge >= 0.3 is 6.09 Å². The molecule has 0 saturated carbocycles. The summed E-state index contributed by atoms with van der Waals surface area (Å²) in [6.45, 7) is 4.83. The Labute approximate surface area is 272 Å². The summed E-state index contributed by atoms with van der Waals surface area (Å²) in [5, 5.41) is 10.3. The van der Waals surface area contributed by atoms with Crippen LogP contribution in [0.4, 0.5) is 25.1 Å². The van der Waals surface area contributed by atoms with Gasteiger partial charge in [-0.25, -0.2) is 22.0 Å². The van der Waals surface area contributed by atoms with E-state index in [1.807, 2.05) is 32.8 Å². The molecule has 2 N–H and O–H groups in total. The molecule has 0 aliphatic carbocycles. The molecule has 16 heteroatoms. The van der Waals surface area contributed by atoms with Crippen molar-refractivity contribution in [1.29, 1.82) is 0 Å². The number of anilines is 2. The van der Waals surface area contributed by atoms with Gasteiger partial charge in [0.05, 0.1) is 35.1 Å². The molecule has 2 heterocycles. The van der Waals surface area contributed by atoms with Gasteiger partial charge in [-0.05, 0) is 51.7 Å². The lowest BCUT2D eigenvalue weighted by atomic mass is 10.1. The van der Waals surface area contributed by atoms with Gasteiger partial charge in [0, 0.05) is 56.9 Å². The number of fused-ring (bicyclic) bond motifs is 1. The minimum atomic E-state index is -4.37. The molecule has 13 nitrogen and oxygen atoms in total. The molecule has 3 aromatic rings. The lowest BCUT2D eigenvalue weighted by Gasteiger charge is -2.27. The monoisotopic (exact) mass is 678 g/mol. The third-order valence-electron chi connectivity index (χ3n) is 7.19. The number of amides is 1. The second-order valence-corrected chi connectivity index (χ2v) is 13.2. The van der Waals surface area contributed by atoms with Crippen LogP contribution >= 0.6 is 0 Å². The maximum Gasteiger partial charge on any atom is 0.435 e. The predicted octanol–water partition coefficient (Wildman–Crippen LogP) is 3.94. The number of carbonyl (C=O) groups is 2. The SMILES string of the molecule is CCCOC(=O)n1nc(NC(=O)c2ccc(OCCN(C)C)cc2NC(C)COC)c2c1CCN(S(=O)(=O)c1cc(F)cc(F)c1)C2. The number of methoxy groups -OCH3 is 1. The molecule has 1 atom stereocenters. The van der Waals surface area contributed by atoms with Crippen molar-refractivity contribution >= 4 is 33.5 Å². The summed E-state index contributed by atoms with van der Waals surface area (Å²) in [6, 6.07) is 6.78. The number of halogens is 2. The zero-order chi connectivity index (χ0) is 34.3. The molecule has 4 rings (SSSR count). The first kappa shape index (κ1) is 35.7. The lowest BCUT2D eigenvalue weighted by molar-refractivity contribution is 0.102. The number of rotatable bonds is 14. The fourth-order valence-corrected chi connectivity index (χ4v) is 6.39. The normalized spacial score (nSPS) is 14.0. The van der Waals surface area contributed by atoms with Crippen LogP contribution in [0.3, 0.4) is 0 Å². The summed E-state index contributed by atoms with van der Waals surface area (Å²) in [7, 11) is 1.05. The Hall–Kier alpha value is -4.12. The molecule has 1 aliphatic heterocycles. The van der Waals surface area contributed by atoms with Gasteiger partial charge in [0.25, 0.3) is 5.91 Å². The summed E-state index contributed by atoms with van der Waals surface area (Å²) < 4.78 is 73.2. The molecular formula is C31H40F2N6O7S. The van der Waals surface area contributed by atoms with Gasteiger partial charge in [0.2, 0.25) is 10.0 Å². The van der Waals surface area contributed by atoms with Gasteiger partial charge in [0.15, 0.2) is 5.82 Å². The van der Waals surface area contributed by atoms with Crippen molar-refractivity contribution in [1.82, 2.24) is 19.0 Å². The minimum absolute atomic E-state index is 0.0107. The Morgan fingerprint density at radius 1 is 1.11 bits per heavy atom. The van der Waals surface area contributed by atoms with E-state index in [2.05, 4.69) is 15.7 Å². The Kier molecular flexibility index (Phi) is 11.9. The minimum Gasteiger partial charge on any atom is -0.492 e. The summed E-state index contributed by atoms with van der Waals surface area (Å²) in [5.41, 5.74) is 1.25. The van der Waals surface area contributed by atoms with Gasteiger partial charge in [0.1, 0.15) is 24.0 Å². The molecule has 2 aromatic carbocycles. The van der Waals surface area contributed by atoms with Crippen LogP contribution < -0.4 is 15.4 Å². The molecule has 1 aliphatic rings. The smallest absolute Gasteiger partial charge is 0.435 e. The van der Waals surface area contributed by atoms with Crippen molar-refractivity contribution in [3.05, 3.63) is 64.9 Å². The maximum absolute atomic E-state index is 13.9. The van der Waals surface area contributed by atoms with E-state index in [0.29, 0.717) is 49.4 Å². The highest BCUT2D eigenvalue weighted by atomic mass is 32.2. The third kappa shape index (κ3) is 8.82. The number of hydrogen-bond acceptors (Lipinski definition) is 10. The Morgan fingerprint density at radius 2 is 1.83 bits per heavy atom. The van der Waals surface area contributed by atoms with Crippen molar-refractivity contribution in [2.75, 3.05) is 64.7 Å². The lowest BCUT2D eigenvalue weighted by Crippen LogP contribution is -2.37. The van der Waals surface area contributed by atoms with Gasteiger partial charge in [-0.1, -0.05) is 6.92 Å². The number of sulfonamides is 1.